The van der Waals surface area contributed by atoms with E-state index >= 15 is 0 Å². The zero-order chi connectivity index (χ0) is 13.8. The fourth-order valence-corrected chi connectivity index (χ4v) is 1.47. The van der Waals surface area contributed by atoms with Gasteiger partial charge in [0.25, 0.3) is 0 Å². The summed E-state index contributed by atoms with van der Waals surface area (Å²) in [6, 6.07) is 8.51. The summed E-state index contributed by atoms with van der Waals surface area (Å²) in [6.07, 6.45) is 0. The lowest BCUT2D eigenvalue weighted by Crippen LogP contribution is -2.20. The minimum atomic E-state index is 0.300. The molecule has 1 aromatic carbocycles. The van der Waals surface area contributed by atoms with E-state index in [-0.39, 0.29) is 0 Å². The molecule has 1 rings (SSSR count). The molecule has 0 saturated heterocycles. The van der Waals surface area contributed by atoms with Crippen LogP contribution in [0.1, 0.15) is 41.5 Å². The van der Waals surface area contributed by atoms with E-state index in [1.54, 1.807) is 0 Å². The molecule has 0 bridgehead atoms. The van der Waals surface area contributed by atoms with Crippen molar-refractivity contribution in [1.29, 1.82) is 0 Å². The number of rotatable bonds is 4. The van der Waals surface area contributed by atoms with Gasteiger partial charge < -0.3 is 10.6 Å². The Morgan fingerprint density at radius 2 is 1.17 bits per heavy atom. The molecule has 0 aliphatic heterocycles. The quantitative estimate of drug-likeness (QED) is 0.813. The first kappa shape index (κ1) is 14.9. The number of anilines is 2. The average molecular weight is 248 g/mol. The molecule has 0 atom stereocenters. The Hall–Kier alpha value is -1.18. The van der Waals surface area contributed by atoms with E-state index in [2.05, 4.69) is 76.4 Å². The van der Waals surface area contributed by atoms with E-state index in [9.17, 15) is 0 Å². The molecular formula is C16H28N2. The van der Waals surface area contributed by atoms with Gasteiger partial charge in [-0.25, -0.2) is 0 Å². The second kappa shape index (κ2) is 5.64. The lowest BCUT2D eigenvalue weighted by molar-refractivity contribution is 0.442. The molecular weight excluding hydrogens is 220 g/mol. The molecule has 102 valence electrons. The summed E-state index contributed by atoms with van der Waals surface area (Å²) in [4.78, 5) is 0. The molecule has 0 unspecified atom stereocenters. The van der Waals surface area contributed by atoms with Crippen LogP contribution in [0.4, 0.5) is 11.4 Å². The number of benzene rings is 1. The third-order valence-corrected chi connectivity index (χ3v) is 2.51. The molecule has 0 saturated carbocycles. The number of nitrogens with one attached hydrogen (secondary N) is 2. The van der Waals surface area contributed by atoms with Crippen LogP contribution in [-0.4, -0.2) is 13.1 Å². The van der Waals surface area contributed by atoms with Crippen molar-refractivity contribution in [3.8, 4) is 0 Å². The topological polar surface area (TPSA) is 24.1 Å². The lowest BCUT2D eigenvalue weighted by Gasteiger charge is -2.21. The smallest absolute Gasteiger partial charge is 0.0361 e. The predicted molar refractivity (Wildman–Crippen MR) is 82.3 cm³/mol. The Kier molecular flexibility index (Phi) is 4.66. The first-order valence-electron chi connectivity index (χ1n) is 6.74. The normalized spacial score (nSPS) is 12.3. The molecule has 2 N–H and O–H groups in total. The monoisotopic (exact) mass is 248 g/mol. The van der Waals surface area contributed by atoms with Crippen LogP contribution in [0.5, 0.6) is 0 Å². The summed E-state index contributed by atoms with van der Waals surface area (Å²) in [5, 5.41) is 6.96. The van der Waals surface area contributed by atoms with Crippen LogP contribution in [0.2, 0.25) is 0 Å². The summed E-state index contributed by atoms with van der Waals surface area (Å²) in [7, 11) is 0. The summed E-state index contributed by atoms with van der Waals surface area (Å²) < 4.78 is 0. The minimum absolute atomic E-state index is 0.300. The molecule has 2 nitrogen and oxygen atoms in total. The van der Waals surface area contributed by atoms with Gasteiger partial charge in [0, 0.05) is 24.5 Å². The van der Waals surface area contributed by atoms with Crippen molar-refractivity contribution < 1.29 is 0 Å². The number of hydrogen-bond donors (Lipinski definition) is 2. The van der Waals surface area contributed by atoms with Crippen LogP contribution >= 0.6 is 0 Å². The van der Waals surface area contributed by atoms with Crippen molar-refractivity contribution in [2.24, 2.45) is 10.8 Å². The Balaban J connectivity index is 2.57. The highest BCUT2D eigenvalue weighted by molar-refractivity contribution is 5.56. The van der Waals surface area contributed by atoms with Crippen molar-refractivity contribution >= 4 is 11.4 Å². The molecule has 0 radical (unpaired) electrons. The van der Waals surface area contributed by atoms with Gasteiger partial charge in [0.2, 0.25) is 0 Å². The Bertz CT molecular complexity index is 336. The molecule has 18 heavy (non-hydrogen) atoms. The van der Waals surface area contributed by atoms with Crippen molar-refractivity contribution in [2.75, 3.05) is 23.7 Å². The predicted octanol–water partition coefficient (Wildman–Crippen LogP) is 4.60. The minimum Gasteiger partial charge on any atom is -0.384 e. The van der Waals surface area contributed by atoms with E-state index < -0.39 is 0 Å². The van der Waals surface area contributed by atoms with Gasteiger partial charge in [0.15, 0.2) is 0 Å². The molecule has 0 amide bonds. The number of hydrogen-bond acceptors (Lipinski definition) is 2. The van der Waals surface area contributed by atoms with E-state index in [1.807, 2.05) is 0 Å². The summed E-state index contributed by atoms with van der Waals surface area (Å²) >= 11 is 0. The van der Waals surface area contributed by atoms with Crippen molar-refractivity contribution in [1.82, 2.24) is 0 Å². The summed E-state index contributed by atoms with van der Waals surface area (Å²) in [6.45, 7) is 15.4. The second-order valence-electron chi connectivity index (χ2n) is 7.41. The van der Waals surface area contributed by atoms with Crippen LogP contribution in [0.15, 0.2) is 24.3 Å². The van der Waals surface area contributed by atoms with E-state index in [4.69, 9.17) is 0 Å². The highest BCUT2D eigenvalue weighted by Crippen LogP contribution is 2.20. The fourth-order valence-electron chi connectivity index (χ4n) is 1.47. The molecule has 0 fully saturated rings. The van der Waals surface area contributed by atoms with Gasteiger partial charge in [-0.15, -0.1) is 0 Å². The van der Waals surface area contributed by atoms with Crippen molar-refractivity contribution in [2.45, 2.75) is 41.5 Å². The molecule has 0 aliphatic rings. The average Bonchev–Trinajstić information content (AvgIpc) is 2.22. The van der Waals surface area contributed by atoms with Crippen LogP contribution < -0.4 is 10.6 Å². The molecule has 1 aromatic rings. The lowest BCUT2D eigenvalue weighted by atomic mass is 9.96. The maximum absolute atomic E-state index is 3.48. The van der Waals surface area contributed by atoms with Gasteiger partial charge in [0.05, 0.1) is 0 Å². The summed E-state index contributed by atoms with van der Waals surface area (Å²) in [5.74, 6) is 0. The van der Waals surface area contributed by atoms with Crippen LogP contribution in [0.25, 0.3) is 0 Å². The third kappa shape index (κ3) is 6.53. The van der Waals surface area contributed by atoms with Crippen LogP contribution in [-0.2, 0) is 0 Å². The first-order valence-corrected chi connectivity index (χ1v) is 6.74. The Labute approximate surface area is 112 Å². The third-order valence-electron chi connectivity index (χ3n) is 2.51. The van der Waals surface area contributed by atoms with Gasteiger partial charge in [0.1, 0.15) is 0 Å². The molecule has 0 spiro atoms. The van der Waals surface area contributed by atoms with Gasteiger partial charge >= 0.3 is 0 Å². The van der Waals surface area contributed by atoms with E-state index in [0.717, 1.165) is 13.1 Å². The molecule has 0 heterocycles. The second-order valence-corrected chi connectivity index (χ2v) is 7.41. The maximum atomic E-state index is 3.48. The standard InChI is InChI=1S/C16H28N2/c1-15(2,3)11-17-13-8-7-9-14(10-13)18-12-16(4,5)6/h7-10,17-18H,11-12H2,1-6H3. The molecule has 0 aromatic heterocycles. The van der Waals surface area contributed by atoms with Gasteiger partial charge in [-0.1, -0.05) is 47.6 Å². The fraction of sp³-hybridized carbons (Fsp3) is 0.625. The SMILES string of the molecule is CC(C)(C)CNc1cccc(NCC(C)(C)C)c1. The van der Waals surface area contributed by atoms with Gasteiger partial charge in [-0.05, 0) is 29.0 Å². The zero-order valence-electron chi connectivity index (χ0n) is 12.7. The van der Waals surface area contributed by atoms with Crippen molar-refractivity contribution in [3.63, 3.8) is 0 Å². The van der Waals surface area contributed by atoms with Crippen LogP contribution in [0, 0.1) is 10.8 Å². The first-order chi connectivity index (χ1) is 8.16. The zero-order valence-corrected chi connectivity index (χ0v) is 12.7. The molecule has 0 aliphatic carbocycles. The molecule has 2 heteroatoms. The maximum Gasteiger partial charge on any atom is 0.0361 e. The van der Waals surface area contributed by atoms with Gasteiger partial charge in [-0.2, -0.15) is 0 Å². The largest absolute Gasteiger partial charge is 0.384 e. The van der Waals surface area contributed by atoms with Crippen LogP contribution in [0.3, 0.4) is 0 Å². The van der Waals surface area contributed by atoms with E-state index in [0.29, 0.717) is 10.8 Å². The summed E-state index contributed by atoms with van der Waals surface area (Å²) in [5.41, 5.74) is 2.97. The van der Waals surface area contributed by atoms with Crippen molar-refractivity contribution in [3.05, 3.63) is 24.3 Å². The highest BCUT2D eigenvalue weighted by Gasteiger charge is 2.11. The highest BCUT2D eigenvalue weighted by atomic mass is 14.9. The Morgan fingerprint density at radius 1 is 0.778 bits per heavy atom. The van der Waals surface area contributed by atoms with E-state index in [1.165, 1.54) is 11.4 Å². The van der Waals surface area contributed by atoms with Gasteiger partial charge in [-0.3, -0.25) is 0 Å². The Morgan fingerprint density at radius 3 is 1.50 bits per heavy atom.